The predicted octanol–water partition coefficient (Wildman–Crippen LogP) is 2.11. The number of benzene rings is 1. The number of amides is 2. The van der Waals surface area contributed by atoms with Crippen molar-refractivity contribution in [3.05, 3.63) is 22.7 Å². The summed E-state index contributed by atoms with van der Waals surface area (Å²) < 4.78 is 5.80. The van der Waals surface area contributed by atoms with Crippen molar-refractivity contribution < 1.29 is 14.3 Å². The van der Waals surface area contributed by atoms with Crippen molar-refractivity contribution in [3.63, 3.8) is 0 Å². The standard InChI is InChI=1S/C11H10BrNO3/c1-16-9-3-2-7(6-8(9)12)13-10(14)4-5-11(13)15/h2-3,6H,4-5H2,1H3. The second-order valence-electron chi connectivity index (χ2n) is 3.44. The molecule has 1 heterocycles. The van der Waals surface area contributed by atoms with Crippen LogP contribution in [0.25, 0.3) is 0 Å². The van der Waals surface area contributed by atoms with Gasteiger partial charge in [0.2, 0.25) is 11.8 Å². The zero-order chi connectivity index (χ0) is 11.7. The summed E-state index contributed by atoms with van der Waals surface area (Å²) >= 11 is 3.32. The molecule has 0 bridgehead atoms. The first-order valence-electron chi connectivity index (χ1n) is 4.83. The van der Waals surface area contributed by atoms with E-state index in [4.69, 9.17) is 4.74 Å². The molecule has 16 heavy (non-hydrogen) atoms. The van der Waals surface area contributed by atoms with Gasteiger partial charge < -0.3 is 4.74 Å². The van der Waals surface area contributed by atoms with Gasteiger partial charge in [-0.05, 0) is 34.1 Å². The molecule has 1 aliphatic rings. The van der Waals surface area contributed by atoms with Crippen LogP contribution in [0, 0.1) is 0 Å². The first-order chi connectivity index (χ1) is 7.63. The maximum absolute atomic E-state index is 11.5. The molecule has 84 valence electrons. The van der Waals surface area contributed by atoms with Crippen LogP contribution in [0.5, 0.6) is 5.75 Å². The maximum atomic E-state index is 11.5. The predicted molar refractivity (Wildman–Crippen MR) is 62.4 cm³/mol. The lowest BCUT2D eigenvalue weighted by atomic mass is 10.3. The molecule has 0 N–H and O–H groups in total. The van der Waals surface area contributed by atoms with E-state index in [9.17, 15) is 9.59 Å². The number of methoxy groups -OCH3 is 1. The number of rotatable bonds is 2. The molecular weight excluding hydrogens is 274 g/mol. The highest BCUT2D eigenvalue weighted by Gasteiger charge is 2.30. The number of anilines is 1. The van der Waals surface area contributed by atoms with Crippen LogP contribution < -0.4 is 9.64 Å². The van der Waals surface area contributed by atoms with Gasteiger partial charge in [0.15, 0.2) is 0 Å². The lowest BCUT2D eigenvalue weighted by molar-refractivity contribution is -0.121. The van der Waals surface area contributed by atoms with Crippen LogP contribution in [0.4, 0.5) is 5.69 Å². The number of hydrogen-bond acceptors (Lipinski definition) is 3. The molecule has 1 fully saturated rings. The normalized spacial score (nSPS) is 15.8. The van der Waals surface area contributed by atoms with E-state index in [2.05, 4.69) is 15.9 Å². The van der Waals surface area contributed by atoms with E-state index in [-0.39, 0.29) is 11.8 Å². The lowest BCUT2D eigenvalue weighted by Gasteiger charge is -2.15. The smallest absolute Gasteiger partial charge is 0.234 e. The fourth-order valence-corrected chi connectivity index (χ4v) is 2.19. The third-order valence-corrected chi connectivity index (χ3v) is 3.06. The first-order valence-corrected chi connectivity index (χ1v) is 5.62. The van der Waals surface area contributed by atoms with Gasteiger partial charge in [0, 0.05) is 12.8 Å². The summed E-state index contributed by atoms with van der Waals surface area (Å²) in [7, 11) is 1.56. The molecule has 0 radical (unpaired) electrons. The topological polar surface area (TPSA) is 46.6 Å². The average molecular weight is 284 g/mol. The maximum Gasteiger partial charge on any atom is 0.234 e. The molecule has 1 saturated heterocycles. The summed E-state index contributed by atoms with van der Waals surface area (Å²) in [6.45, 7) is 0. The van der Waals surface area contributed by atoms with Crippen LogP contribution in [0.15, 0.2) is 22.7 Å². The van der Waals surface area contributed by atoms with Crippen molar-refractivity contribution >= 4 is 33.4 Å². The molecule has 4 nitrogen and oxygen atoms in total. The Morgan fingerprint density at radius 2 is 1.88 bits per heavy atom. The summed E-state index contributed by atoms with van der Waals surface area (Å²) in [4.78, 5) is 24.2. The van der Waals surface area contributed by atoms with Gasteiger partial charge in [0.1, 0.15) is 5.75 Å². The summed E-state index contributed by atoms with van der Waals surface area (Å²) in [6.07, 6.45) is 0.588. The highest BCUT2D eigenvalue weighted by atomic mass is 79.9. The molecular formula is C11H10BrNO3. The van der Waals surface area contributed by atoms with E-state index in [1.807, 2.05) is 0 Å². The molecule has 0 unspecified atom stereocenters. The van der Waals surface area contributed by atoms with Gasteiger partial charge in [0.05, 0.1) is 17.3 Å². The second kappa shape index (κ2) is 4.25. The van der Waals surface area contributed by atoms with Crippen LogP contribution >= 0.6 is 15.9 Å². The van der Waals surface area contributed by atoms with Gasteiger partial charge in [-0.3, -0.25) is 14.5 Å². The monoisotopic (exact) mass is 283 g/mol. The lowest BCUT2D eigenvalue weighted by Crippen LogP contribution is -2.28. The minimum absolute atomic E-state index is 0.151. The van der Waals surface area contributed by atoms with E-state index in [0.717, 1.165) is 4.47 Å². The second-order valence-corrected chi connectivity index (χ2v) is 4.30. The minimum Gasteiger partial charge on any atom is -0.496 e. The van der Waals surface area contributed by atoms with Crippen LogP contribution in [0.2, 0.25) is 0 Å². The van der Waals surface area contributed by atoms with E-state index in [0.29, 0.717) is 24.3 Å². The third-order valence-electron chi connectivity index (χ3n) is 2.45. The Morgan fingerprint density at radius 1 is 1.25 bits per heavy atom. The van der Waals surface area contributed by atoms with Crippen molar-refractivity contribution in [1.29, 1.82) is 0 Å². The Morgan fingerprint density at radius 3 is 2.38 bits per heavy atom. The Balaban J connectivity index is 2.37. The summed E-state index contributed by atoms with van der Waals surface area (Å²) in [5, 5.41) is 0. The van der Waals surface area contributed by atoms with Crippen molar-refractivity contribution in [1.82, 2.24) is 0 Å². The molecule has 1 aromatic carbocycles. The largest absolute Gasteiger partial charge is 0.496 e. The highest BCUT2D eigenvalue weighted by Crippen LogP contribution is 2.31. The number of carbonyl (C=O) groups excluding carboxylic acids is 2. The van der Waals surface area contributed by atoms with Gasteiger partial charge in [-0.2, -0.15) is 0 Å². The molecule has 1 aliphatic heterocycles. The number of carbonyl (C=O) groups is 2. The van der Waals surface area contributed by atoms with Crippen LogP contribution in [-0.2, 0) is 9.59 Å². The van der Waals surface area contributed by atoms with Crippen molar-refractivity contribution in [2.24, 2.45) is 0 Å². The van der Waals surface area contributed by atoms with Crippen LogP contribution in [0.3, 0.4) is 0 Å². The molecule has 2 rings (SSSR count). The van der Waals surface area contributed by atoms with Crippen LogP contribution in [-0.4, -0.2) is 18.9 Å². The van der Waals surface area contributed by atoms with E-state index in [1.54, 1.807) is 25.3 Å². The molecule has 1 aromatic rings. The summed E-state index contributed by atoms with van der Waals surface area (Å²) in [5.74, 6) is 0.368. The Kier molecular flexibility index (Phi) is 2.96. The number of imide groups is 1. The van der Waals surface area contributed by atoms with Gasteiger partial charge in [-0.1, -0.05) is 0 Å². The number of halogens is 1. The quantitative estimate of drug-likeness (QED) is 0.781. The molecule has 0 aliphatic carbocycles. The van der Waals surface area contributed by atoms with Crippen LogP contribution in [0.1, 0.15) is 12.8 Å². The zero-order valence-corrected chi connectivity index (χ0v) is 10.3. The number of ether oxygens (including phenoxy) is 1. The molecule has 0 spiro atoms. The highest BCUT2D eigenvalue weighted by molar-refractivity contribution is 9.10. The first kappa shape index (κ1) is 11.1. The SMILES string of the molecule is COc1ccc(N2C(=O)CCC2=O)cc1Br. The Hall–Kier alpha value is -1.36. The van der Waals surface area contributed by atoms with Crippen molar-refractivity contribution in [3.8, 4) is 5.75 Å². The van der Waals surface area contributed by atoms with Gasteiger partial charge in [-0.25, -0.2) is 0 Å². The van der Waals surface area contributed by atoms with Crippen molar-refractivity contribution in [2.45, 2.75) is 12.8 Å². The van der Waals surface area contributed by atoms with E-state index >= 15 is 0 Å². The summed E-state index contributed by atoms with van der Waals surface area (Å²) in [5.41, 5.74) is 0.583. The van der Waals surface area contributed by atoms with Gasteiger partial charge in [-0.15, -0.1) is 0 Å². The molecule has 2 amide bonds. The number of hydrogen-bond donors (Lipinski definition) is 0. The molecule has 5 heteroatoms. The fourth-order valence-electron chi connectivity index (χ4n) is 1.66. The summed E-state index contributed by atoms with van der Waals surface area (Å²) in [6, 6.07) is 5.13. The van der Waals surface area contributed by atoms with Crippen molar-refractivity contribution in [2.75, 3.05) is 12.0 Å². The minimum atomic E-state index is -0.151. The third kappa shape index (κ3) is 1.82. The Labute approximate surface area is 101 Å². The molecule has 0 atom stereocenters. The van der Waals surface area contributed by atoms with E-state index in [1.165, 1.54) is 4.90 Å². The number of nitrogens with zero attached hydrogens (tertiary/aromatic N) is 1. The average Bonchev–Trinajstić information content (AvgIpc) is 2.58. The van der Waals surface area contributed by atoms with E-state index < -0.39 is 0 Å². The van der Waals surface area contributed by atoms with Gasteiger partial charge in [0.25, 0.3) is 0 Å². The zero-order valence-electron chi connectivity index (χ0n) is 8.70. The molecule has 0 aromatic heterocycles. The Bertz CT molecular complexity index is 443. The molecule has 0 saturated carbocycles. The fraction of sp³-hybridized carbons (Fsp3) is 0.273. The van der Waals surface area contributed by atoms with Gasteiger partial charge >= 0.3 is 0 Å².